The van der Waals surface area contributed by atoms with Gasteiger partial charge in [0.1, 0.15) is 12.3 Å². The van der Waals surface area contributed by atoms with Gasteiger partial charge in [-0.15, -0.1) is 5.10 Å². The van der Waals surface area contributed by atoms with Crippen LogP contribution in [0.3, 0.4) is 0 Å². The van der Waals surface area contributed by atoms with Gasteiger partial charge in [0.2, 0.25) is 5.91 Å². The summed E-state index contributed by atoms with van der Waals surface area (Å²) in [5, 5.41) is 6.88. The lowest BCUT2D eigenvalue weighted by molar-refractivity contribution is -0.117. The highest BCUT2D eigenvalue weighted by Gasteiger charge is 2.11. The third-order valence-corrected chi connectivity index (χ3v) is 4.18. The number of hydrogen-bond donors (Lipinski definition) is 1. The number of carbonyl (C=O) groups excluding carboxylic acids is 2. The van der Waals surface area contributed by atoms with Crippen molar-refractivity contribution in [3.05, 3.63) is 70.4 Å². The van der Waals surface area contributed by atoms with Crippen molar-refractivity contribution >= 4 is 29.8 Å². The van der Waals surface area contributed by atoms with Crippen molar-refractivity contribution in [3.8, 4) is 5.75 Å². The number of methoxy groups -OCH3 is 1. The van der Waals surface area contributed by atoms with Crippen LogP contribution in [0.2, 0.25) is 0 Å². The molecule has 1 aromatic heterocycles. The zero-order valence-corrected chi connectivity index (χ0v) is 16.7. The molecule has 0 spiro atoms. The van der Waals surface area contributed by atoms with Gasteiger partial charge in [0.15, 0.2) is 6.61 Å². The Hall–Kier alpha value is -3.46. The fraction of sp³-hybridized carbons (Fsp3) is 0.200. The van der Waals surface area contributed by atoms with E-state index < -0.39 is 5.97 Å². The Morgan fingerprint density at radius 1 is 1.21 bits per heavy atom. The minimum Gasteiger partial charge on any atom is -0.484 e. The second kappa shape index (κ2) is 9.16. The summed E-state index contributed by atoms with van der Waals surface area (Å²) < 4.78 is 16.9. The minimum atomic E-state index is -0.447. The minimum absolute atomic E-state index is 0.0732. The highest BCUT2D eigenvalue weighted by atomic mass is 32.1. The molecule has 0 aliphatic carbocycles. The lowest BCUT2D eigenvalue weighted by Gasteiger charge is -2.06. The quantitative estimate of drug-likeness (QED) is 0.468. The van der Waals surface area contributed by atoms with Crippen molar-refractivity contribution in [2.75, 3.05) is 12.4 Å². The van der Waals surface area contributed by atoms with Crippen molar-refractivity contribution in [1.29, 1.82) is 0 Å². The van der Waals surface area contributed by atoms with Crippen LogP contribution in [0.25, 0.3) is 0 Å². The number of rotatable bonds is 7. The Balaban J connectivity index is 1.58. The SMILES string of the molecule is COC(=O)c1ccc(NC(=O)Cn2nc(COc3cccc(C)c3)oc2=S)cc1. The maximum Gasteiger partial charge on any atom is 0.337 e. The molecule has 1 heterocycles. The van der Waals surface area contributed by atoms with Gasteiger partial charge < -0.3 is 19.2 Å². The number of carbonyl (C=O) groups is 2. The molecule has 0 unspecified atom stereocenters. The van der Waals surface area contributed by atoms with E-state index in [9.17, 15) is 9.59 Å². The van der Waals surface area contributed by atoms with E-state index in [4.69, 9.17) is 21.4 Å². The van der Waals surface area contributed by atoms with E-state index in [-0.39, 0.29) is 29.8 Å². The number of ether oxygens (including phenoxy) is 2. The highest BCUT2D eigenvalue weighted by Crippen LogP contribution is 2.14. The molecule has 8 nitrogen and oxygen atoms in total. The molecule has 1 amide bonds. The highest BCUT2D eigenvalue weighted by molar-refractivity contribution is 7.71. The van der Waals surface area contributed by atoms with Gasteiger partial charge in [-0.05, 0) is 61.1 Å². The standard InChI is InChI=1S/C20H19N3O5S/c1-13-4-3-5-16(10-13)27-12-18-22-23(20(29)28-18)11-17(24)21-15-8-6-14(7-9-15)19(25)26-2/h3-10H,11-12H2,1-2H3,(H,21,24). The zero-order chi connectivity index (χ0) is 20.8. The molecule has 0 fully saturated rings. The number of aromatic nitrogens is 2. The van der Waals surface area contributed by atoms with Gasteiger partial charge in [-0.2, -0.15) is 0 Å². The summed E-state index contributed by atoms with van der Waals surface area (Å²) in [5.41, 5.74) is 1.99. The molecule has 2 aromatic carbocycles. The molecule has 9 heteroatoms. The number of benzene rings is 2. The maximum atomic E-state index is 12.3. The first-order valence-electron chi connectivity index (χ1n) is 8.69. The van der Waals surface area contributed by atoms with Crippen LogP contribution in [-0.2, 0) is 22.7 Å². The number of nitrogens with one attached hydrogen (secondary N) is 1. The fourth-order valence-corrected chi connectivity index (χ4v) is 2.70. The van der Waals surface area contributed by atoms with E-state index in [0.717, 1.165) is 5.56 Å². The monoisotopic (exact) mass is 413 g/mol. The Morgan fingerprint density at radius 2 is 1.97 bits per heavy atom. The summed E-state index contributed by atoms with van der Waals surface area (Å²) in [7, 11) is 1.31. The fourth-order valence-electron chi connectivity index (χ4n) is 2.50. The van der Waals surface area contributed by atoms with Gasteiger partial charge in [0, 0.05) is 5.69 Å². The van der Waals surface area contributed by atoms with Gasteiger partial charge in [-0.1, -0.05) is 12.1 Å². The summed E-state index contributed by atoms with van der Waals surface area (Å²) in [6, 6.07) is 13.9. The molecule has 0 atom stereocenters. The lowest BCUT2D eigenvalue weighted by atomic mass is 10.2. The molecule has 0 bridgehead atoms. The lowest BCUT2D eigenvalue weighted by Crippen LogP contribution is -2.19. The summed E-state index contributed by atoms with van der Waals surface area (Å²) in [6.45, 7) is 1.94. The van der Waals surface area contributed by atoms with E-state index >= 15 is 0 Å². The van der Waals surface area contributed by atoms with Crippen LogP contribution in [-0.4, -0.2) is 28.8 Å². The third kappa shape index (κ3) is 5.52. The smallest absolute Gasteiger partial charge is 0.337 e. The van der Waals surface area contributed by atoms with Crippen LogP contribution < -0.4 is 10.1 Å². The molecule has 0 saturated carbocycles. The van der Waals surface area contributed by atoms with Gasteiger partial charge in [-0.3, -0.25) is 4.79 Å². The van der Waals surface area contributed by atoms with Gasteiger partial charge in [-0.25, -0.2) is 9.48 Å². The Bertz CT molecular complexity index is 1070. The molecule has 3 aromatic rings. The molecule has 29 heavy (non-hydrogen) atoms. The number of esters is 1. The molecular weight excluding hydrogens is 394 g/mol. The Morgan fingerprint density at radius 3 is 2.66 bits per heavy atom. The topological polar surface area (TPSA) is 95.6 Å². The molecule has 0 saturated heterocycles. The molecule has 3 rings (SSSR count). The summed E-state index contributed by atoms with van der Waals surface area (Å²) in [4.78, 5) is 23.8. The van der Waals surface area contributed by atoms with E-state index in [1.54, 1.807) is 24.3 Å². The van der Waals surface area contributed by atoms with E-state index in [0.29, 0.717) is 17.0 Å². The number of anilines is 1. The van der Waals surface area contributed by atoms with Gasteiger partial charge in [0.25, 0.3) is 10.7 Å². The Kier molecular flexibility index (Phi) is 6.40. The molecule has 1 N–H and O–H groups in total. The Labute approximate surface area is 172 Å². The van der Waals surface area contributed by atoms with Crippen LogP contribution in [0.1, 0.15) is 21.8 Å². The largest absolute Gasteiger partial charge is 0.484 e. The van der Waals surface area contributed by atoms with Crippen LogP contribution in [0.5, 0.6) is 5.75 Å². The number of nitrogens with zero attached hydrogens (tertiary/aromatic N) is 2. The van der Waals surface area contributed by atoms with Gasteiger partial charge >= 0.3 is 5.97 Å². The first kappa shape index (κ1) is 20.3. The third-order valence-electron chi connectivity index (χ3n) is 3.88. The van der Waals surface area contributed by atoms with Crippen molar-refractivity contribution < 1.29 is 23.5 Å². The second-order valence-electron chi connectivity index (χ2n) is 6.14. The molecule has 0 aliphatic heterocycles. The molecule has 0 aliphatic rings. The van der Waals surface area contributed by atoms with Crippen LogP contribution in [0.4, 0.5) is 5.69 Å². The van der Waals surface area contributed by atoms with E-state index in [1.807, 2.05) is 31.2 Å². The maximum absolute atomic E-state index is 12.3. The predicted molar refractivity (Wildman–Crippen MR) is 107 cm³/mol. The zero-order valence-electron chi connectivity index (χ0n) is 15.9. The average Bonchev–Trinajstić information content (AvgIpc) is 3.05. The van der Waals surface area contributed by atoms with E-state index in [1.165, 1.54) is 11.8 Å². The van der Waals surface area contributed by atoms with Crippen LogP contribution in [0.15, 0.2) is 52.9 Å². The summed E-state index contributed by atoms with van der Waals surface area (Å²) in [5.74, 6) is 0.170. The van der Waals surface area contributed by atoms with Crippen LogP contribution >= 0.6 is 12.2 Å². The normalized spacial score (nSPS) is 10.4. The molecule has 150 valence electrons. The van der Waals surface area contributed by atoms with Crippen molar-refractivity contribution in [2.24, 2.45) is 0 Å². The number of hydrogen-bond acceptors (Lipinski definition) is 7. The number of amides is 1. The summed E-state index contributed by atoms with van der Waals surface area (Å²) >= 11 is 5.11. The second-order valence-corrected chi connectivity index (χ2v) is 6.49. The first-order chi connectivity index (χ1) is 13.9. The van der Waals surface area contributed by atoms with Crippen molar-refractivity contribution in [3.63, 3.8) is 0 Å². The number of aryl methyl sites for hydroxylation is 1. The van der Waals surface area contributed by atoms with E-state index in [2.05, 4.69) is 15.2 Å². The van der Waals surface area contributed by atoms with Gasteiger partial charge in [0.05, 0.1) is 12.7 Å². The average molecular weight is 413 g/mol. The van der Waals surface area contributed by atoms with Crippen molar-refractivity contribution in [2.45, 2.75) is 20.1 Å². The molecular formula is C20H19N3O5S. The predicted octanol–water partition coefficient (Wildman–Crippen LogP) is 3.52. The van der Waals surface area contributed by atoms with Crippen molar-refractivity contribution in [1.82, 2.24) is 9.78 Å². The first-order valence-corrected chi connectivity index (χ1v) is 9.10. The molecule has 0 radical (unpaired) electrons. The van der Waals surface area contributed by atoms with Crippen LogP contribution in [0, 0.1) is 11.8 Å². The summed E-state index contributed by atoms with van der Waals surface area (Å²) in [6.07, 6.45) is 0.